The molecular weight excluding hydrogens is 270 g/mol. The third-order valence-electron chi connectivity index (χ3n) is 4.98. The number of hydrogen-bond donors (Lipinski definition) is 2. The molecule has 2 N–H and O–H groups in total. The molecule has 2 fully saturated rings. The number of aliphatic carboxylic acids is 1. The lowest BCUT2D eigenvalue weighted by Gasteiger charge is -2.40. The van der Waals surface area contributed by atoms with Crippen molar-refractivity contribution in [2.45, 2.75) is 44.6 Å². The molecule has 2 unspecified atom stereocenters. The van der Waals surface area contributed by atoms with Crippen molar-refractivity contribution in [1.82, 2.24) is 15.1 Å². The van der Waals surface area contributed by atoms with Crippen LogP contribution in [-0.2, 0) is 4.79 Å². The van der Waals surface area contributed by atoms with E-state index >= 15 is 0 Å². The average Bonchev–Trinajstić information content (AvgIpc) is 2.92. The number of likely N-dealkylation sites (tertiary alicyclic amines) is 2. The Morgan fingerprint density at radius 2 is 2.10 bits per heavy atom. The van der Waals surface area contributed by atoms with Crippen LogP contribution in [0.25, 0.3) is 0 Å². The van der Waals surface area contributed by atoms with E-state index in [-0.39, 0.29) is 6.03 Å². The molecule has 0 radical (unpaired) electrons. The van der Waals surface area contributed by atoms with E-state index in [0.29, 0.717) is 25.3 Å². The summed E-state index contributed by atoms with van der Waals surface area (Å²) < 4.78 is 0. The molecule has 2 aliphatic heterocycles. The van der Waals surface area contributed by atoms with Gasteiger partial charge in [-0.05, 0) is 51.6 Å². The Morgan fingerprint density at radius 3 is 2.71 bits per heavy atom. The fourth-order valence-electron chi connectivity index (χ4n) is 3.76. The fourth-order valence-corrected chi connectivity index (χ4v) is 3.76. The molecule has 0 aliphatic carbocycles. The van der Waals surface area contributed by atoms with Gasteiger partial charge in [-0.15, -0.1) is 0 Å². The van der Waals surface area contributed by atoms with Crippen LogP contribution in [-0.4, -0.2) is 65.7 Å². The van der Waals surface area contributed by atoms with Crippen molar-refractivity contribution in [3.8, 4) is 0 Å². The minimum atomic E-state index is -0.993. The minimum absolute atomic E-state index is 0.0856. The maximum atomic E-state index is 12.8. The van der Waals surface area contributed by atoms with Gasteiger partial charge in [0.25, 0.3) is 0 Å². The van der Waals surface area contributed by atoms with Gasteiger partial charge in [0.1, 0.15) is 5.54 Å². The fraction of sp³-hybridized carbons (Fsp3) is 0.867. The molecule has 6 nitrogen and oxygen atoms in total. The molecule has 0 aromatic heterocycles. The van der Waals surface area contributed by atoms with Gasteiger partial charge < -0.3 is 20.2 Å². The second-order valence-electron chi connectivity index (χ2n) is 6.24. The number of carbonyl (C=O) groups is 2. The van der Waals surface area contributed by atoms with Crippen molar-refractivity contribution >= 4 is 12.0 Å². The quantitative estimate of drug-likeness (QED) is 0.822. The van der Waals surface area contributed by atoms with E-state index in [1.54, 1.807) is 4.90 Å². The lowest BCUT2D eigenvalue weighted by Crippen LogP contribution is -2.58. The zero-order valence-electron chi connectivity index (χ0n) is 13.1. The molecule has 0 spiro atoms. The number of nitrogens with zero attached hydrogens (tertiary/aromatic N) is 2. The smallest absolute Gasteiger partial charge is 0.329 e. The Balaban J connectivity index is 2.09. The molecule has 0 saturated carbocycles. The van der Waals surface area contributed by atoms with Gasteiger partial charge in [0, 0.05) is 19.6 Å². The third-order valence-corrected chi connectivity index (χ3v) is 4.98. The molecule has 120 valence electrons. The summed E-state index contributed by atoms with van der Waals surface area (Å²) in [6.45, 7) is 4.80. The summed E-state index contributed by atoms with van der Waals surface area (Å²) >= 11 is 0. The van der Waals surface area contributed by atoms with E-state index < -0.39 is 11.5 Å². The van der Waals surface area contributed by atoms with E-state index in [2.05, 4.69) is 5.32 Å². The van der Waals surface area contributed by atoms with E-state index in [4.69, 9.17) is 0 Å². The summed E-state index contributed by atoms with van der Waals surface area (Å²) in [4.78, 5) is 28.0. The molecule has 0 aromatic rings. The number of amides is 2. The molecule has 2 rings (SSSR count). The third kappa shape index (κ3) is 3.00. The van der Waals surface area contributed by atoms with E-state index in [1.807, 2.05) is 18.9 Å². The van der Waals surface area contributed by atoms with Gasteiger partial charge in [0.2, 0.25) is 0 Å². The van der Waals surface area contributed by atoms with Crippen LogP contribution in [0.2, 0.25) is 0 Å². The average molecular weight is 297 g/mol. The van der Waals surface area contributed by atoms with Crippen molar-refractivity contribution in [2.75, 3.05) is 33.2 Å². The monoisotopic (exact) mass is 297 g/mol. The molecule has 0 aromatic carbocycles. The summed E-state index contributed by atoms with van der Waals surface area (Å²) in [5, 5.41) is 12.8. The number of urea groups is 1. The number of rotatable bonds is 4. The van der Waals surface area contributed by atoms with Crippen LogP contribution in [0.15, 0.2) is 0 Å². The summed E-state index contributed by atoms with van der Waals surface area (Å²) in [5.74, 6) is -0.393. The molecule has 21 heavy (non-hydrogen) atoms. The van der Waals surface area contributed by atoms with Crippen molar-refractivity contribution in [2.24, 2.45) is 5.92 Å². The molecule has 6 heteroatoms. The second-order valence-corrected chi connectivity index (χ2v) is 6.24. The van der Waals surface area contributed by atoms with Gasteiger partial charge in [0.15, 0.2) is 0 Å². The normalized spacial score (nSPS) is 29.7. The number of carboxylic acids is 1. The molecule has 2 saturated heterocycles. The van der Waals surface area contributed by atoms with Crippen LogP contribution in [0, 0.1) is 5.92 Å². The first kappa shape index (κ1) is 16.1. The summed E-state index contributed by atoms with van der Waals surface area (Å²) in [6.07, 6.45) is 3.94. The van der Waals surface area contributed by atoms with Crippen LogP contribution < -0.4 is 5.32 Å². The first-order valence-electron chi connectivity index (χ1n) is 7.99. The van der Waals surface area contributed by atoms with Crippen LogP contribution >= 0.6 is 0 Å². The summed E-state index contributed by atoms with van der Waals surface area (Å²) in [6, 6.07) is -0.0856. The molecule has 2 atom stereocenters. The summed E-state index contributed by atoms with van der Waals surface area (Å²) in [5.41, 5.74) is -0.993. The summed E-state index contributed by atoms with van der Waals surface area (Å²) in [7, 11) is 1.92. The van der Waals surface area contributed by atoms with Gasteiger partial charge in [-0.1, -0.05) is 6.92 Å². The lowest BCUT2D eigenvalue weighted by molar-refractivity contribution is -0.148. The first-order valence-corrected chi connectivity index (χ1v) is 7.99. The van der Waals surface area contributed by atoms with Gasteiger partial charge in [-0.25, -0.2) is 9.59 Å². The standard InChI is InChI=1S/C15H27N3O3/c1-3-15(13(19)20)7-5-9-18(15)14(21)17-8-4-6-12(11-17)10-16-2/h12,16H,3-11H2,1-2H3,(H,19,20). The Labute approximate surface area is 126 Å². The Hall–Kier alpha value is -1.30. The second kappa shape index (κ2) is 6.64. The SMILES string of the molecule is CCC1(C(=O)O)CCCN1C(=O)N1CCCC(CNC)C1. The first-order chi connectivity index (χ1) is 10.0. The van der Waals surface area contributed by atoms with Crippen LogP contribution in [0.3, 0.4) is 0 Å². The lowest BCUT2D eigenvalue weighted by atomic mass is 9.93. The van der Waals surface area contributed by atoms with Gasteiger partial charge in [-0.3, -0.25) is 0 Å². The Morgan fingerprint density at radius 1 is 1.33 bits per heavy atom. The van der Waals surface area contributed by atoms with Crippen molar-refractivity contribution in [3.63, 3.8) is 0 Å². The maximum Gasteiger partial charge on any atom is 0.329 e. The predicted octanol–water partition coefficient (Wildman–Crippen LogP) is 1.37. The maximum absolute atomic E-state index is 12.8. The van der Waals surface area contributed by atoms with Gasteiger partial charge >= 0.3 is 12.0 Å². The predicted molar refractivity (Wildman–Crippen MR) is 80.2 cm³/mol. The highest BCUT2D eigenvalue weighted by atomic mass is 16.4. The number of piperidine rings is 1. The molecule has 2 amide bonds. The molecular formula is C15H27N3O3. The number of carbonyl (C=O) groups excluding carboxylic acids is 1. The van der Waals surface area contributed by atoms with E-state index in [0.717, 1.165) is 38.9 Å². The minimum Gasteiger partial charge on any atom is -0.479 e. The van der Waals surface area contributed by atoms with Crippen molar-refractivity contribution in [1.29, 1.82) is 0 Å². The molecule has 0 bridgehead atoms. The zero-order valence-corrected chi connectivity index (χ0v) is 13.1. The van der Waals surface area contributed by atoms with E-state index in [1.165, 1.54) is 0 Å². The van der Waals surface area contributed by atoms with Crippen molar-refractivity contribution < 1.29 is 14.7 Å². The largest absolute Gasteiger partial charge is 0.479 e. The van der Waals surface area contributed by atoms with Gasteiger partial charge in [-0.2, -0.15) is 0 Å². The Bertz CT molecular complexity index is 400. The highest BCUT2D eigenvalue weighted by Gasteiger charge is 2.49. The highest BCUT2D eigenvalue weighted by Crippen LogP contribution is 2.34. The molecule has 2 heterocycles. The highest BCUT2D eigenvalue weighted by molar-refractivity contribution is 5.87. The number of carboxylic acid groups (broad SMARTS) is 1. The van der Waals surface area contributed by atoms with E-state index in [9.17, 15) is 14.7 Å². The molecule has 2 aliphatic rings. The van der Waals surface area contributed by atoms with Crippen molar-refractivity contribution in [3.05, 3.63) is 0 Å². The van der Waals surface area contributed by atoms with Crippen LogP contribution in [0.4, 0.5) is 4.79 Å². The van der Waals surface area contributed by atoms with Gasteiger partial charge in [0.05, 0.1) is 0 Å². The Kier molecular flexibility index (Phi) is 5.08. The zero-order chi connectivity index (χ0) is 15.5. The number of hydrogen-bond acceptors (Lipinski definition) is 3. The van der Waals surface area contributed by atoms with Crippen LogP contribution in [0.5, 0.6) is 0 Å². The topological polar surface area (TPSA) is 72.9 Å². The number of nitrogens with one attached hydrogen (secondary N) is 1. The van der Waals surface area contributed by atoms with Crippen LogP contribution in [0.1, 0.15) is 39.0 Å².